The van der Waals surface area contributed by atoms with Crippen LogP contribution in [-0.4, -0.2) is 28.9 Å². The fourth-order valence-electron chi connectivity index (χ4n) is 3.51. The van der Waals surface area contributed by atoms with Crippen LogP contribution in [0.2, 0.25) is 0 Å². The van der Waals surface area contributed by atoms with E-state index in [1.54, 1.807) is 23.5 Å². The Hall–Kier alpha value is -0.630. The van der Waals surface area contributed by atoms with Crippen LogP contribution in [-0.2, 0) is 0 Å². The molecule has 0 amide bonds. The van der Waals surface area contributed by atoms with Crippen molar-refractivity contribution in [2.45, 2.75) is 49.0 Å². The maximum Gasteiger partial charge on any atom is 0.387 e. The first-order chi connectivity index (χ1) is 11.9. The summed E-state index contributed by atoms with van der Waals surface area (Å²) in [7, 11) is 0. The lowest BCUT2D eigenvalue weighted by atomic mass is 9.79. The zero-order valence-electron chi connectivity index (χ0n) is 13.4. The fourth-order valence-corrected chi connectivity index (χ4v) is 6.64. The molecule has 0 aromatic heterocycles. The lowest BCUT2D eigenvalue weighted by Crippen LogP contribution is -2.27. The van der Waals surface area contributed by atoms with Crippen molar-refractivity contribution in [3.63, 3.8) is 0 Å². The molecule has 2 aliphatic rings. The molecule has 0 unspecified atom stereocenters. The SMILES string of the molecule is Fc1cc(C2CCC(C3SCC(F)CS3)CC2)cc(F)c1OC(F)F. The van der Waals surface area contributed by atoms with Crippen molar-refractivity contribution in [2.24, 2.45) is 5.92 Å². The van der Waals surface area contributed by atoms with E-state index < -0.39 is 30.2 Å². The summed E-state index contributed by atoms with van der Waals surface area (Å²) in [4.78, 5) is 0. The van der Waals surface area contributed by atoms with Gasteiger partial charge < -0.3 is 4.74 Å². The van der Waals surface area contributed by atoms with Gasteiger partial charge in [0, 0.05) is 11.5 Å². The minimum Gasteiger partial charge on any atom is -0.429 e. The highest BCUT2D eigenvalue weighted by Gasteiger charge is 2.32. The Kier molecular flexibility index (Phi) is 6.41. The second kappa shape index (κ2) is 8.37. The van der Waals surface area contributed by atoms with Crippen LogP contribution in [0, 0.1) is 17.6 Å². The van der Waals surface area contributed by atoms with Gasteiger partial charge in [0.05, 0.1) is 4.58 Å². The van der Waals surface area contributed by atoms with Crippen molar-refractivity contribution in [3.05, 3.63) is 29.3 Å². The van der Waals surface area contributed by atoms with Gasteiger partial charge in [-0.05, 0) is 55.2 Å². The Labute approximate surface area is 152 Å². The van der Waals surface area contributed by atoms with Gasteiger partial charge >= 0.3 is 6.61 Å². The Balaban J connectivity index is 1.61. The molecule has 1 heterocycles. The Morgan fingerprint density at radius 1 is 0.960 bits per heavy atom. The second-order valence-electron chi connectivity index (χ2n) is 6.44. The van der Waals surface area contributed by atoms with E-state index in [4.69, 9.17) is 0 Å². The van der Waals surface area contributed by atoms with Gasteiger partial charge in [-0.2, -0.15) is 8.78 Å². The van der Waals surface area contributed by atoms with E-state index in [9.17, 15) is 22.0 Å². The van der Waals surface area contributed by atoms with Crippen LogP contribution in [0.25, 0.3) is 0 Å². The van der Waals surface area contributed by atoms with Crippen LogP contribution in [0.4, 0.5) is 22.0 Å². The van der Waals surface area contributed by atoms with E-state index in [1.165, 1.54) is 0 Å². The second-order valence-corrected chi connectivity index (χ2v) is 9.08. The van der Waals surface area contributed by atoms with Crippen molar-refractivity contribution in [1.82, 2.24) is 0 Å². The van der Waals surface area contributed by atoms with Crippen molar-refractivity contribution in [1.29, 1.82) is 0 Å². The summed E-state index contributed by atoms with van der Waals surface area (Å²) < 4.78 is 69.7. The minimum atomic E-state index is -3.26. The van der Waals surface area contributed by atoms with Gasteiger partial charge in [0.15, 0.2) is 17.4 Å². The Morgan fingerprint density at radius 3 is 2.04 bits per heavy atom. The van der Waals surface area contributed by atoms with Crippen LogP contribution in [0.5, 0.6) is 5.75 Å². The van der Waals surface area contributed by atoms with Crippen molar-refractivity contribution >= 4 is 23.5 Å². The highest BCUT2D eigenvalue weighted by Crippen LogP contribution is 2.46. The number of alkyl halides is 3. The smallest absolute Gasteiger partial charge is 0.387 e. The molecule has 0 N–H and O–H groups in total. The van der Waals surface area contributed by atoms with E-state index >= 15 is 0 Å². The predicted octanol–water partition coefficient (Wildman–Crippen LogP) is 5.98. The normalized spacial score (nSPS) is 30.5. The molecule has 0 spiro atoms. The first-order valence-corrected chi connectivity index (χ1v) is 10.3. The van der Waals surface area contributed by atoms with Crippen molar-refractivity contribution in [3.8, 4) is 5.75 Å². The summed E-state index contributed by atoms with van der Waals surface area (Å²) in [5.41, 5.74) is 0.489. The molecule has 1 aliphatic carbocycles. The van der Waals surface area contributed by atoms with E-state index in [0.29, 0.717) is 27.6 Å². The summed E-state index contributed by atoms with van der Waals surface area (Å²) >= 11 is 3.34. The number of halogens is 5. The standard InChI is InChI=1S/C17H19F5OS2/c18-12-7-24-16(25-8-12)10-3-1-9(2-4-10)11-5-13(19)15(14(20)6-11)23-17(21)22/h5-6,9-10,12,16-17H,1-4,7-8H2. The number of hydrogen-bond acceptors (Lipinski definition) is 3. The van der Waals surface area contributed by atoms with Gasteiger partial charge in [0.1, 0.15) is 6.17 Å². The lowest BCUT2D eigenvalue weighted by Gasteiger charge is -2.35. The van der Waals surface area contributed by atoms with Gasteiger partial charge in [0.25, 0.3) is 0 Å². The van der Waals surface area contributed by atoms with Gasteiger partial charge in [-0.3, -0.25) is 0 Å². The largest absolute Gasteiger partial charge is 0.429 e. The maximum atomic E-state index is 13.9. The molecule has 0 atom stereocenters. The van der Waals surface area contributed by atoms with Crippen LogP contribution in [0.15, 0.2) is 12.1 Å². The first kappa shape index (κ1) is 19.1. The number of benzene rings is 1. The van der Waals surface area contributed by atoms with E-state index in [1.807, 2.05) is 0 Å². The van der Waals surface area contributed by atoms with Gasteiger partial charge in [-0.25, -0.2) is 13.2 Å². The van der Waals surface area contributed by atoms with Crippen molar-refractivity contribution in [2.75, 3.05) is 11.5 Å². The lowest BCUT2D eigenvalue weighted by molar-refractivity contribution is -0.0546. The number of thioether (sulfide) groups is 2. The third kappa shape index (κ3) is 4.76. The fraction of sp³-hybridized carbons (Fsp3) is 0.647. The minimum absolute atomic E-state index is 0.00774. The summed E-state index contributed by atoms with van der Waals surface area (Å²) in [5.74, 6) is -1.64. The molecule has 1 saturated carbocycles. The summed E-state index contributed by atoms with van der Waals surface area (Å²) in [6.45, 7) is -3.26. The summed E-state index contributed by atoms with van der Waals surface area (Å²) in [6.07, 6.45) is 2.68. The van der Waals surface area contributed by atoms with Crippen LogP contribution in [0.3, 0.4) is 0 Å². The number of hydrogen-bond donors (Lipinski definition) is 0. The molecule has 140 valence electrons. The monoisotopic (exact) mass is 398 g/mol. The number of ether oxygens (including phenoxy) is 1. The van der Waals surface area contributed by atoms with Crippen molar-refractivity contribution < 1.29 is 26.7 Å². The molecule has 3 rings (SSSR count). The summed E-state index contributed by atoms with van der Waals surface area (Å²) in [6, 6.07) is 2.20. The van der Waals surface area contributed by atoms with Gasteiger partial charge in [0.2, 0.25) is 0 Å². The van der Waals surface area contributed by atoms with Crippen LogP contribution < -0.4 is 4.74 Å². The predicted molar refractivity (Wildman–Crippen MR) is 91.3 cm³/mol. The quantitative estimate of drug-likeness (QED) is 0.577. The average molecular weight is 398 g/mol. The molecule has 1 aromatic carbocycles. The molecule has 1 saturated heterocycles. The Bertz CT molecular complexity index is 561. The molecular formula is C17H19F5OS2. The molecule has 8 heteroatoms. The molecule has 2 fully saturated rings. The summed E-state index contributed by atoms with van der Waals surface area (Å²) in [5, 5.41) is 0. The highest BCUT2D eigenvalue weighted by atomic mass is 32.2. The number of rotatable bonds is 4. The zero-order valence-corrected chi connectivity index (χ0v) is 15.0. The van der Waals surface area contributed by atoms with Crippen LogP contribution in [0.1, 0.15) is 37.2 Å². The Morgan fingerprint density at radius 2 is 1.52 bits per heavy atom. The molecular weight excluding hydrogens is 379 g/mol. The molecule has 1 aliphatic heterocycles. The molecule has 0 bridgehead atoms. The maximum absolute atomic E-state index is 13.9. The molecule has 25 heavy (non-hydrogen) atoms. The molecule has 0 radical (unpaired) electrons. The highest BCUT2D eigenvalue weighted by molar-refractivity contribution is 8.17. The van der Waals surface area contributed by atoms with E-state index in [-0.39, 0.29) is 5.92 Å². The van der Waals surface area contributed by atoms with Gasteiger partial charge in [-0.1, -0.05) is 0 Å². The van der Waals surface area contributed by atoms with E-state index in [2.05, 4.69) is 4.74 Å². The van der Waals surface area contributed by atoms with Crippen LogP contribution >= 0.6 is 23.5 Å². The molecule has 1 aromatic rings. The topological polar surface area (TPSA) is 9.23 Å². The molecule has 1 nitrogen and oxygen atoms in total. The average Bonchev–Trinajstić information content (AvgIpc) is 2.59. The zero-order chi connectivity index (χ0) is 18.0. The third-order valence-corrected chi connectivity index (χ3v) is 8.09. The first-order valence-electron chi connectivity index (χ1n) is 8.25. The van der Waals surface area contributed by atoms with E-state index in [0.717, 1.165) is 37.8 Å². The van der Waals surface area contributed by atoms with Gasteiger partial charge in [-0.15, -0.1) is 23.5 Å². The third-order valence-electron chi connectivity index (χ3n) is 4.74.